The second-order valence-corrected chi connectivity index (χ2v) is 7.93. The molecule has 2 aromatic rings. The van der Waals surface area contributed by atoms with Gasteiger partial charge in [-0.3, -0.25) is 4.79 Å². The number of hydrogen-bond acceptors (Lipinski definition) is 5. The third-order valence-corrected chi connectivity index (χ3v) is 5.98. The average molecular weight is 330 g/mol. The minimum absolute atomic E-state index is 0.138. The van der Waals surface area contributed by atoms with Gasteiger partial charge in [-0.15, -0.1) is 11.3 Å². The second-order valence-electron chi connectivity index (χ2n) is 6.84. The zero-order chi connectivity index (χ0) is 16.1. The Kier molecular flexibility index (Phi) is 3.52. The molecule has 0 saturated carbocycles. The molecular weight excluding hydrogens is 308 g/mol. The van der Waals surface area contributed by atoms with Gasteiger partial charge in [-0.1, -0.05) is 0 Å². The van der Waals surface area contributed by atoms with Crippen molar-refractivity contribution < 1.29 is 4.79 Å². The van der Waals surface area contributed by atoms with Crippen LogP contribution in [0.15, 0.2) is 0 Å². The van der Waals surface area contributed by atoms with Crippen molar-refractivity contribution in [3.05, 3.63) is 16.3 Å². The summed E-state index contributed by atoms with van der Waals surface area (Å²) in [6, 6.07) is 0.395. The highest BCUT2D eigenvalue weighted by Crippen LogP contribution is 2.39. The first-order valence-corrected chi connectivity index (χ1v) is 9.19. The highest BCUT2D eigenvalue weighted by molar-refractivity contribution is 7.19. The summed E-state index contributed by atoms with van der Waals surface area (Å²) in [5.41, 5.74) is 1.43. The fourth-order valence-electron chi connectivity index (χ4n) is 3.73. The zero-order valence-corrected chi connectivity index (χ0v) is 14.7. The van der Waals surface area contributed by atoms with Gasteiger partial charge >= 0.3 is 0 Å². The fraction of sp³-hybridized carbons (Fsp3) is 0.588. The van der Waals surface area contributed by atoms with E-state index in [9.17, 15) is 4.79 Å². The maximum absolute atomic E-state index is 12.1. The molecule has 4 rings (SSSR count). The van der Waals surface area contributed by atoms with Gasteiger partial charge in [-0.2, -0.15) is 0 Å². The van der Waals surface area contributed by atoms with Crippen LogP contribution in [0, 0.1) is 6.92 Å². The summed E-state index contributed by atoms with van der Waals surface area (Å²) in [6.07, 6.45) is 4.07. The van der Waals surface area contributed by atoms with Gasteiger partial charge in [0.1, 0.15) is 16.5 Å². The van der Waals surface area contributed by atoms with E-state index in [1.54, 1.807) is 0 Å². The molecule has 1 amide bonds. The monoisotopic (exact) mass is 330 g/mol. The molecule has 122 valence electrons. The van der Waals surface area contributed by atoms with Gasteiger partial charge in [0.2, 0.25) is 5.91 Å². The van der Waals surface area contributed by atoms with Gasteiger partial charge in [-0.25, -0.2) is 9.97 Å². The van der Waals surface area contributed by atoms with E-state index in [0.29, 0.717) is 6.42 Å². The Hall–Kier alpha value is -1.69. The molecule has 23 heavy (non-hydrogen) atoms. The van der Waals surface area contributed by atoms with Crippen LogP contribution in [0.5, 0.6) is 0 Å². The minimum Gasteiger partial charge on any atom is -0.364 e. The van der Waals surface area contributed by atoms with E-state index in [1.165, 1.54) is 22.2 Å². The number of fused-ring (bicyclic) bond motifs is 3. The van der Waals surface area contributed by atoms with Gasteiger partial charge in [0.15, 0.2) is 0 Å². The molecule has 0 bridgehead atoms. The fourth-order valence-corrected chi connectivity index (χ4v) is 5.03. The van der Waals surface area contributed by atoms with Crippen LogP contribution in [0.4, 0.5) is 5.82 Å². The molecule has 2 aromatic heterocycles. The third kappa shape index (κ3) is 2.49. The van der Waals surface area contributed by atoms with Crippen LogP contribution in [0.1, 0.15) is 43.0 Å². The van der Waals surface area contributed by atoms with E-state index in [1.807, 2.05) is 23.2 Å². The van der Waals surface area contributed by atoms with Crippen LogP contribution < -0.4 is 5.32 Å². The standard InChI is InChI=1S/C17H22N4OS/c1-9(2)21-8-11(7-14(21)22)20-16-15-12-5-4-6-13(12)23-17(15)19-10(3)18-16/h9,11H,4-8H2,1-3H3,(H,18,19,20). The van der Waals surface area contributed by atoms with Crippen molar-refractivity contribution in [1.82, 2.24) is 14.9 Å². The normalized spacial score (nSPS) is 20.8. The van der Waals surface area contributed by atoms with E-state index < -0.39 is 0 Å². The topological polar surface area (TPSA) is 58.1 Å². The molecule has 1 atom stereocenters. The predicted octanol–water partition coefficient (Wildman–Crippen LogP) is 2.91. The molecule has 3 heterocycles. The smallest absolute Gasteiger partial charge is 0.225 e. The Labute approximate surface area is 140 Å². The number of aromatic nitrogens is 2. The van der Waals surface area contributed by atoms with Crippen LogP contribution in [-0.2, 0) is 17.6 Å². The SMILES string of the molecule is Cc1nc(NC2CC(=O)N(C(C)C)C2)c2c3c(sc2n1)CCC3. The largest absolute Gasteiger partial charge is 0.364 e. The van der Waals surface area contributed by atoms with Crippen molar-refractivity contribution in [2.45, 2.75) is 58.5 Å². The Morgan fingerprint density at radius 2 is 2.13 bits per heavy atom. The molecule has 6 heteroatoms. The molecule has 1 fully saturated rings. The lowest BCUT2D eigenvalue weighted by Gasteiger charge is -2.21. The molecular formula is C17H22N4OS. The highest BCUT2D eigenvalue weighted by Gasteiger charge is 2.32. The summed E-state index contributed by atoms with van der Waals surface area (Å²) in [4.78, 5) is 25.9. The van der Waals surface area contributed by atoms with Gasteiger partial charge in [0.25, 0.3) is 0 Å². The van der Waals surface area contributed by atoms with Gasteiger partial charge < -0.3 is 10.2 Å². The van der Waals surface area contributed by atoms with Crippen molar-refractivity contribution in [2.75, 3.05) is 11.9 Å². The van der Waals surface area contributed by atoms with Crippen LogP contribution >= 0.6 is 11.3 Å². The molecule has 0 radical (unpaired) electrons. The molecule has 1 aliphatic heterocycles. The third-order valence-electron chi connectivity index (χ3n) is 4.80. The quantitative estimate of drug-likeness (QED) is 0.940. The first-order valence-electron chi connectivity index (χ1n) is 8.38. The number of thiophene rings is 1. The number of nitrogens with zero attached hydrogens (tertiary/aromatic N) is 3. The van der Waals surface area contributed by atoms with Crippen molar-refractivity contribution in [1.29, 1.82) is 0 Å². The van der Waals surface area contributed by atoms with E-state index in [4.69, 9.17) is 0 Å². The maximum Gasteiger partial charge on any atom is 0.225 e. The minimum atomic E-state index is 0.138. The molecule has 1 saturated heterocycles. The molecule has 0 spiro atoms. The average Bonchev–Trinajstić information content (AvgIpc) is 3.12. The summed E-state index contributed by atoms with van der Waals surface area (Å²) in [5.74, 6) is 1.95. The number of carbonyl (C=O) groups excluding carboxylic acids is 1. The van der Waals surface area contributed by atoms with Crippen molar-refractivity contribution >= 4 is 33.3 Å². The van der Waals surface area contributed by atoms with Gasteiger partial charge in [-0.05, 0) is 45.6 Å². The summed E-state index contributed by atoms with van der Waals surface area (Å²) in [7, 11) is 0. The van der Waals surface area contributed by atoms with Crippen molar-refractivity contribution in [3.63, 3.8) is 0 Å². The summed E-state index contributed by atoms with van der Waals surface area (Å²) in [5, 5.41) is 4.75. The number of likely N-dealkylation sites (tertiary alicyclic amines) is 1. The van der Waals surface area contributed by atoms with Crippen LogP contribution in [-0.4, -0.2) is 39.4 Å². The molecule has 1 N–H and O–H groups in total. The van der Waals surface area contributed by atoms with E-state index in [-0.39, 0.29) is 18.0 Å². The van der Waals surface area contributed by atoms with E-state index >= 15 is 0 Å². The van der Waals surface area contributed by atoms with E-state index in [2.05, 4.69) is 29.1 Å². The Bertz CT molecular complexity index is 782. The maximum atomic E-state index is 12.1. The molecule has 2 aliphatic rings. The molecule has 1 aliphatic carbocycles. The summed E-state index contributed by atoms with van der Waals surface area (Å²) < 4.78 is 0. The number of rotatable bonds is 3. The van der Waals surface area contributed by atoms with Crippen LogP contribution in [0.3, 0.4) is 0 Å². The Balaban J connectivity index is 1.68. The lowest BCUT2D eigenvalue weighted by Crippen LogP contribution is -2.33. The Morgan fingerprint density at radius 1 is 1.30 bits per heavy atom. The Morgan fingerprint density at radius 3 is 2.87 bits per heavy atom. The van der Waals surface area contributed by atoms with Gasteiger partial charge in [0, 0.05) is 23.9 Å². The van der Waals surface area contributed by atoms with Crippen LogP contribution in [0.2, 0.25) is 0 Å². The molecule has 1 unspecified atom stereocenters. The lowest BCUT2D eigenvalue weighted by molar-refractivity contribution is -0.129. The highest BCUT2D eigenvalue weighted by atomic mass is 32.1. The first kappa shape index (κ1) is 14.9. The van der Waals surface area contributed by atoms with E-state index in [0.717, 1.165) is 35.9 Å². The van der Waals surface area contributed by atoms with Crippen molar-refractivity contribution in [3.8, 4) is 0 Å². The van der Waals surface area contributed by atoms with Gasteiger partial charge in [0.05, 0.1) is 11.4 Å². The predicted molar refractivity (Wildman–Crippen MR) is 93.1 cm³/mol. The number of aryl methyl sites for hydroxylation is 3. The first-order chi connectivity index (χ1) is 11.0. The number of carbonyl (C=O) groups is 1. The van der Waals surface area contributed by atoms with Crippen molar-refractivity contribution in [2.24, 2.45) is 0 Å². The number of anilines is 1. The number of amides is 1. The zero-order valence-electron chi connectivity index (χ0n) is 13.8. The number of hydrogen-bond donors (Lipinski definition) is 1. The summed E-state index contributed by atoms with van der Waals surface area (Å²) in [6.45, 7) is 6.83. The lowest BCUT2D eigenvalue weighted by atomic mass is 10.1. The van der Waals surface area contributed by atoms with Crippen LogP contribution in [0.25, 0.3) is 10.2 Å². The molecule has 0 aromatic carbocycles. The second kappa shape index (κ2) is 5.44. The molecule has 5 nitrogen and oxygen atoms in total. The summed E-state index contributed by atoms with van der Waals surface area (Å²) >= 11 is 1.81. The number of nitrogens with one attached hydrogen (secondary N) is 1.